The molecule has 2 N–H and O–H groups in total. The summed E-state index contributed by atoms with van der Waals surface area (Å²) in [7, 11) is 0. The highest BCUT2D eigenvalue weighted by Gasteiger charge is 2.16. The zero-order valence-electron chi connectivity index (χ0n) is 19.0. The number of nitrogens with one attached hydrogen (secondary N) is 2. The summed E-state index contributed by atoms with van der Waals surface area (Å²) in [5, 5.41) is 7.35. The first-order chi connectivity index (χ1) is 15.9. The van der Waals surface area contributed by atoms with E-state index in [-0.39, 0.29) is 24.5 Å². The third-order valence-corrected chi connectivity index (χ3v) is 4.72. The molecule has 3 aromatic rings. The number of amides is 2. The van der Waals surface area contributed by atoms with Crippen molar-refractivity contribution >= 4 is 34.2 Å². The number of carbonyl (C=O) groups excluding carboxylic acids is 3. The molecule has 0 heterocycles. The maximum atomic E-state index is 13.1. The predicted octanol–water partition coefficient (Wildman–Crippen LogP) is 4.56. The van der Waals surface area contributed by atoms with E-state index in [1.165, 1.54) is 0 Å². The molecule has 7 heteroatoms. The fourth-order valence-corrected chi connectivity index (χ4v) is 3.19. The maximum absolute atomic E-state index is 13.1. The van der Waals surface area contributed by atoms with E-state index in [0.717, 1.165) is 17.2 Å². The minimum Gasteiger partial charge on any atom is -0.483 e. The molecule has 0 atom stereocenters. The van der Waals surface area contributed by atoms with Crippen LogP contribution in [0.4, 0.5) is 5.69 Å². The Hall–Kier alpha value is -3.87. The molecule has 3 rings (SSSR count). The molecule has 0 unspecified atom stereocenters. The van der Waals surface area contributed by atoms with Crippen LogP contribution in [0.5, 0.6) is 5.75 Å². The van der Waals surface area contributed by atoms with E-state index in [4.69, 9.17) is 9.47 Å². The van der Waals surface area contributed by atoms with Crippen molar-refractivity contribution in [3.8, 4) is 5.75 Å². The first kappa shape index (κ1) is 23.8. The van der Waals surface area contributed by atoms with Crippen molar-refractivity contribution in [3.63, 3.8) is 0 Å². The van der Waals surface area contributed by atoms with Crippen molar-refractivity contribution in [2.45, 2.75) is 33.2 Å². The second-order valence-corrected chi connectivity index (χ2v) is 7.87. The highest BCUT2D eigenvalue weighted by atomic mass is 16.5. The number of fused-ring (bicyclic) bond motifs is 1. The lowest BCUT2D eigenvalue weighted by Crippen LogP contribution is -2.34. The normalized spacial score (nSPS) is 10.7. The molecule has 2 amide bonds. The van der Waals surface area contributed by atoms with E-state index >= 15 is 0 Å². The summed E-state index contributed by atoms with van der Waals surface area (Å²) in [5.74, 6) is -0.749. The van der Waals surface area contributed by atoms with Crippen LogP contribution in [0.15, 0.2) is 60.7 Å². The Morgan fingerprint density at radius 2 is 1.61 bits per heavy atom. The van der Waals surface area contributed by atoms with Crippen LogP contribution in [-0.2, 0) is 9.53 Å². The maximum Gasteiger partial charge on any atom is 0.338 e. The standard InChI is InChI=1S/C26H28N2O5/c1-4-13-32-26(31)18-9-11-21(12-10-18)28-25(30)22-14-19-7-5-6-8-20(19)15-23(22)33-16-24(29)27-17(2)3/h5-12,14-15,17H,4,13,16H2,1-3H3,(H,27,29)(H,28,30). The summed E-state index contributed by atoms with van der Waals surface area (Å²) in [6.45, 7) is 5.80. The highest BCUT2D eigenvalue weighted by molar-refractivity contribution is 6.09. The molecule has 0 aliphatic heterocycles. The van der Waals surface area contributed by atoms with Crippen molar-refractivity contribution < 1.29 is 23.9 Å². The number of ether oxygens (including phenoxy) is 2. The number of rotatable bonds is 9. The summed E-state index contributed by atoms with van der Waals surface area (Å²) in [5.41, 5.74) is 1.23. The van der Waals surface area contributed by atoms with Crippen molar-refractivity contribution in [2.75, 3.05) is 18.5 Å². The van der Waals surface area contributed by atoms with Gasteiger partial charge in [-0.1, -0.05) is 31.2 Å². The average molecular weight is 449 g/mol. The number of benzene rings is 3. The van der Waals surface area contributed by atoms with Gasteiger partial charge in [0.05, 0.1) is 17.7 Å². The van der Waals surface area contributed by atoms with Gasteiger partial charge in [-0.2, -0.15) is 0 Å². The summed E-state index contributed by atoms with van der Waals surface area (Å²) in [4.78, 5) is 37.1. The second-order valence-electron chi connectivity index (χ2n) is 7.87. The molecule has 0 radical (unpaired) electrons. The number of hydrogen-bond donors (Lipinski definition) is 2. The van der Waals surface area contributed by atoms with Crippen LogP contribution < -0.4 is 15.4 Å². The second kappa shape index (κ2) is 11.1. The third kappa shape index (κ3) is 6.55. The highest BCUT2D eigenvalue weighted by Crippen LogP contribution is 2.27. The Balaban J connectivity index is 1.80. The van der Waals surface area contributed by atoms with E-state index < -0.39 is 5.97 Å². The fraction of sp³-hybridized carbons (Fsp3) is 0.269. The van der Waals surface area contributed by atoms with Crippen LogP contribution in [0, 0.1) is 0 Å². The Morgan fingerprint density at radius 1 is 0.939 bits per heavy atom. The lowest BCUT2D eigenvalue weighted by atomic mass is 10.0. The van der Waals surface area contributed by atoms with Gasteiger partial charge in [-0.25, -0.2) is 4.79 Å². The summed E-state index contributed by atoms with van der Waals surface area (Å²) < 4.78 is 10.8. The average Bonchev–Trinajstić information content (AvgIpc) is 2.80. The molecule has 33 heavy (non-hydrogen) atoms. The molecule has 0 bridgehead atoms. The SMILES string of the molecule is CCCOC(=O)c1ccc(NC(=O)c2cc3ccccc3cc2OCC(=O)NC(C)C)cc1. The molecule has 7 nitrogen and oxygen atoms in total. The largest absolute Gasteiger partial charge is 0.483 e. The van der Waals surface area contributed by atoms with Gasteiger partial charge in [-0.3, -0.25) is 9.59 Å². The molecule has 0 saturated carbocycles. The smallest absolute Gasteiger partial charge is 0.338 e. The van der Waals surface area contributed by atoms with Crippen molar-refractivity contribution in [2.24, 2.45) is 0 Å². The van der Waals surface area contributed by atoms with Gasteiger partial charge in [0.25, 0.3) is 11.8 Å². The molecule has 3 aromatic carbocycles. The Labute approximate surface area is 193 Å². The summed E-state index contributed by atoms with van der Waals surface area (Å²) in [6, 6.07) is 17.5. The topological polar surface area (TPSA) is 93.7 Å². The molecule has 0 fully saturated rings. The van der Waals surface area contributed by atoms with E-state index in [0.29, 0.717) is 29.2 Å². The molecule has 0 spiro atoms. The van der Waals surface area contributed by atoms with Gasteiger partial charge in [0, 0.05) is 11.7 Å². The molecule has 0 aromatic heterocycles. The van der Waals surface area contributed by atoms with Crippen LogP contribution in [-0.4, -0.2) is 37.0 Å². The molecular formula is C26H28N2O5. The first-order valence-electron chi connectivity index (χ1n) is 10.9. The summed E-state index contributed by atoms with van der Waals surface area (Å²) >= 11 is 0. The molecule has 0 aliphatic carbocycles. The van der Waals surface area contributed by atoms with E-state index in [9.17, 15) is 14.4 Å². The minimum atomic E-state index is -0.403. The van der Waals surface area contributed by atoms with E-state index in [2.05, 4.69) is 10.6 Å². The fourth-order valence-electron chi connectivity index (χ4n) is 3.19. The lowest BCUT2D eigenvalue weighted by molar-refractivity contribution is -0.123. The van der Waals surface area contributed by atoms with Crippen LogP contribution in [0.25, 0.3) is 10.8 Å². The van der Waals surface area contributed by atoms with E-state index in [1.54, 1.807) is 36.4 Å². The van der Waals surface area contributed by atoms with Gasteiger partial charge in [-0.15, -0.1) is 0 Å². The minimum absolute atomic E-state index is 0.0114. The van der Waals surface area contributed by atoms with Crippen molar-refractivity contribution in [3.05, 3.63) is 71.8 Å². The quantitative estimate of drug-likeness (QED) is 0.468. The molecule has 0 saturated heterocycles. The van der Waals surface area contributed by atoms with Crippen molar-refractivity contribution in [1.82, 2.24) is 5.32 Å². The lowest BCUT2D eigenvalue weighted by Gasteiger charge is -2.14. The summed E-state index contributed by atoms with van der Waals surface area (Å²) in [6.07, 6.45) is 0.745. The Bertz CT molecular complexity index is 1140. The van der Waals surface area contributed by atoms with Gasteiger partial charge in [0.1, 0.15) is 5.75 Å². The van der Waals surface area contributed by atoms with Crippen molar-refractivity contribution in [1.29, 1.82) is 0 Å². The van der Waals surface area contributed by atoms with Crippen LogP contribution in [0.1, 0.15) is 47.9 Å². The van der Waals surface area contributed by atoms with Gasteiger partial charge in [0.15, 0.2) is 6.61 Å². The predicted molar refractivity (Wildman–Crippen MR) is 128 cm³/mol. The molecule has 0 aliphatic rings. The zero-order chi connectivity index (χ0) is 23.8. The Kier molecular flexibility index (Phi) is 8.02. The molecular weight excluding hydrogens is 420 g/mol. The van der Waals surface area contributed by atoms with Crippen LogP contribution >= 0.6 is 0 Å². The van der Waals surface area contributed by atoms with Gasteiger partial charge in [0.2, 0.25) is 0 Å². The number of hydrogen-bond acceptors (Lipinski definition) is 5. The third-order valence-electron chi connectivity index (χ3n) is 4.72. The number of esters is 1. The van der Waals surface area contributed by atoms with Crippen LogP contribution in [0.3, 0.4) is 0 Å². The Morgan fingerprint density at radius 3 is 2.24 bits per heavy atom. The van der Waals surface area contributed by atoms with Gasteiger partial charge in [-0.05, 0) is 67.4 Å². The monoisotopic (exact) mass is 448 g/mol. The number of anilines is 1. The zero-order valence-corrected chi connectivity index (χ0v) is 19.0. The molecule has 172 valence electrons. The van der Waals surface area contributed by atoms with Crippen LogP contribution in [0.2, 0.25) is 0 Å². The first-order valence-corrected chi connectivity index (χ1v) is 10.9. The van der Waals surface area contributed by atoms with Gasteiger partial charge < -0.3 is 20.1 Å². The van der Waals surface area contributed by atoms with E-state index in [1.807, 2.05) is 45.0 Å². The number of carbonyl (C=O) groups is 3. The van der Waals surface area contributed by atoms with Gasteiger partial charge >= 0.3 is 5.97 Å².